The molecule has 1 spiro atoms. The SMILES string of the molecule is COc1ccc2c(c1)NCC1(CCCC1)N2. The van der Waals surface area contributed by atoms with Crippen LogP contribution >= 0.6 is 0 Å². The summed E-state index contributed by atoms with van der Waals surface area (Å²) < 4.78 is 5.23. The second kappa shape index (κ2) is 3.58. The van der Waals surface area contributed by atoms with E-state index in [-0.39, 0.29) is 0 Å². The molecule has 3 nitrogen and oxygen atoms in total. The maximum Gasteiger partial charge on any atom is 0.121 e. The Balaban J connectivity index is 1.89. The molecule has 0 unspecified atom stereocenters. The Kier molecular flexibility index (Phi) is 2.20. The fraction of sp³-hybridized carbons (Fsp3) is 0.538. The number of fused-ring (bicyclic) bond motifs is 1. The van der Waals surface area contributed by atoms with Crippen LogP contribution in [0.25, 0.3) is 0 Å². The topological polar surface area (TPSA) is 33.3 Å². The summed E-state index contributed by atoms with van der Waals surface area (Å²) in [5, 5.41) is 7.23. The fourth-order valence-corrected chi connectivity index (χ4v) is 2.85. The minimum absolute atomic E-state index is 0.307. The summed E-state index contributed by atoms with van der Waals surface area (Å²) in [7, 11) is 1.70. The number of ether oxygens (including phenoxy) is 1. The van der Waals surface area contributed by atoms with Gasteiger partial charge in [-0.05, 0) is 25.0 Å². The summed E-state index contributed by atoms with van der Waals surface area (Å²) in [5.41, 5.74) is 2.69. The van der Waals surface area contributed by atoms with Gasteiger partial charge >= 0.3 is 0 Å². The van der Waals surface area contributed by atoms with Crippen LogP contribution < -0.4 is 15.4 Å². The second-order valence-corrected chi connectivity index (χ2v) is 4.88. The average Bonchev–Trinajstić information content (AvgIpc) is 2.77. The van der Waals surface area contributed by atoms with Gasteiger partial charge < -0.3 is 15.4 Å². The minimum Gasteiger partial charge on any atom is -0.497 e. The lowest BCUT2D eigenvalue weighted by Gasteiger charge is -2.37. The standard InChI is InChI=1S/C13H18N2O/c1-16-10-4-5-11-12(8-10)14-9-13(15-11)6-2-3-7-13/h4-5,8,14-15H,2-3,6-7,9H2,1H3. The Labute approximate surface area is 96.2 Å². The van der Waals surface area contributed by atoms with Gasteiger partial charge in [-0.2, -0.15) is 0 Å². The van der Waals surface area contributed by atoms with Crippen molar-refractivity contribution in [3.8, 4) is 5.75 Å². The first-order valence-electron chi connectivity index (χ1n) is 6.01. The molecule has 2 aliphatic rings. The van der Waals surface area contributed by atoms with E-state index in [4.69, 9.17) is 4.74 Å². The lowest BCUT2D eigenvalue weighted by Crippen LogP contribution is -2.45. The van der Waals surface area contributed by atoms with Crippen LogP contribution in [0.15, 0.2) is 18.2 Å². The van der Waals surface area contributed by atoms with Crippen LogP contribution in [0.3, 0.4) is 0 Å². The molecule has 1 saturated carbocycles. The quantitative estimate of drug-likeness (QED) is 0.760. The number of anilines is 2. The first kappa shape index (κ1) is 9.82. The van der Waals surface area contributed by atoms with Gasteiger partial charge in [0.05, 0.1) is 24.0 Å². The van der Waals surface area contributed by atoms with Crippen LogP contribution in [-0.2, 0) is 0 Å². The Morgan fingerprint density at radius 2 is 2.00 bits per heavy atom. The van der Waals surface area contributed by atoms with Crippen LogP contribution in [0.4, 0.5) is 11.4 Å². The summed E-state index contributed by atoms with van der Waals surface area (Å²) in [4.78, 5) is 0. The van der Waals surface area contributed by atoms with Gasteiger partial charge in [0.1, 0.15) is 5.75 Å². The molecule has 86 valence electrons. The molecule has 1 fully saturated rings. The van der Waals surface area contributed by atoms with Crippen molar-refractivity contribution in [2.45, 2.75) is 31.2 Å². The van der Waals surface area contributed by atoms with Crippen LogP contribution in [-0.4, -0.2) is 19.2 Å². The molecule has 0 bridgehead atoms. The number of hydrogen-bond donors (Lipinski definition) is 2. The largest absolute Gasteiger partial charge is 0.497 e. The summed E-state index contributed by atoms with van der Waals surface area (Å²) in [6, 6.07) is 6.19. The molecule has 0 atom stereocenters. The van der Waals surface area contributed by atoms with Gasteiger partial charge in [-0.1, -0.05) is 12.8 Å². The van der Waals surface area contributed by atoms with Crippen molar-refractivity contribution in [3.63, 3.8) is 0 Å². The molecule has 3 heteroatoms. The molecule has 1 aliphatic heterocycles. The summed E-state index contributed by atoms with van der Waals surface area (Å²) >= 11 is 0. The van der Waals surface area contributed by atoms with Crippen molar-refractivity contribution in [2.24, 2.45) is 0 Å². The van der Waals surface area contributed by atoms with E-state index >= 15 is 0 Å². The second-order valence-electron chi connectivity index (χ2n) is 4.88. The summed E-state index contributed by atoms with van der Waals surface area (Å²) in [6.45, 7) is 1.03. The van der Waals surface area contributed by atoms with Crippen LogP contribution in [0.2, 0.25) is 0 Å². The van der Waals surface area contributed by atoms with Crippen molar-refractivity contribution < 1.29 is 4.74 Å². The Morgan fingerprint density at radius 1 is 1.19 bits per heavy atom. The van der Waals surface area contributed by atoms with E-state index in [1.54, 1.807) is 7.11 Å². The number of rotatable bonds is 1. The average molecular weight is 218 g/mol. The third kappa shape index (κ3) is 1.51. The first-order chi connectivity index (χ1) is 7.81. The maximum atomic E-state index is 5.23. The number of hydrogen-bond acceptors (Lipinski definition) is 3. The molecule has 0 saturated heterocycles. The molecule has 0 amide bonds. The highest BCUT2D eigenvalue weighted by Gasteiger charge is 2.36. The molecule has 1 aromatic rings. The number of methoxy groups -OCH3 is 1. The van der Waals surface area contributed by atoms with Crippen LogP contribution in [0, 0.1) is 0 Å². The lowest BCUT2D eigenvalue weighted by atomic mass is 9.94. The molecule has 16 heavy (non-hydrogen) atoms. The van der Waals surface area contributed by atoms with Crippen molar-refractivity contribution in [1.29, 1.82) is 0 Å². The highest BCUT2D eigenvalue weighted by atomic mass is 16.5. The highest BCUT2D eigenvalue weighted by molar-refractivity contribution is 5.74. The van der Waals surface area contributed by atoms with Gasteiger partial charge in [-0.15, -0.1) is 0 Å². The van der Waals surface area contributed by atoms with Crippen molar-refractivity contribution in [1.82, 2.24) is 0 Å². The maximum absolute atomic E-state index is 5.23. The number of nitrogens with one attached hydrogen (secondary N) is 2. The minimum atomic E-state index is 0.307. The molecular weight excluding hydrogens is 200 g/mol. The Morgan fingerprint density at radius 3 is 2.75 bits per heavy atom. The predicted molar refractivity (Wildman–Crippen MR) is 66.3 cm³/mol. The normalized spacial score (nSPS) is 21.1. The third-order valence-electron chi connectivity index (χ3n) is 3.80. The van der Waals surface area contributed by atoms with Gasteiger partial charge in [-0.25, -0.2) is 0 Å². The predicted octanol–water partition coefficient (Wildman–Crippen LogP) is 2.85. The lowest BCUT2D eigenvalue weighted by molar-refractivity contribution is 0.414. The molecule has 1 heterocycles. The molecule has 1 aliphatic carbocycles. The zero-order valence-electron chi connectivity index (χ0n) is 9.68. The van der Waals surface area contributed by atoms with Gasteiger partial charge in [-0.3, -0.25) is 0 Å². The molecule has 1 aromatic carbocycles. The van der Waals surface area contributed by atoms with E-state index in [0.717, 1.165) is 18.0 Å². The molecule has 2 N–H and O–H groups in total. The van der Waals surface area contributed by atoms with Crippen molar-refractivity contribution in [2.75, 3.05) is 24.3 Å². The van der Waals surface area contributed by atoms with Crippen LogP contribution in [0.5, 0.6) is 5.75 Å². The molecule has 3 rings (SSSR count). The Hall–Kier alpha value is -1.38. The van der Waals surface area contributed by atoms with Gasteiger partial charge in [0, 0.05) is 12.6 Å². The molecule has 0 radical (unpaired) electrons. The zero-order chi connectivity index (χ0) is 11.0. The number of benzene rings is 1. The fourth-order valence-electron chi connectivity index (χ4n) is 2.85. The Bertz CT molecular complexity index is 397. The van der Waals surface area contributed by atoms with Crippen molar-refractivity contribution in [3.05, 3.63) is 18.2 Å². The first-order valence-corrected chi connectivity index (χ1v) is 6.01. The van der Waals surface area contributed by atoms with E-state index in [1.165, 1.54) is 31.4 Å². The van der Waals surface area contributed by atoms with E-state index in [9.17, 15) is 0 Å². The monoisotopic (exact) mass is 218 g/mol. The summed E-state index contributed by atoms with van der Waals surface area (Å²) in [6.07, 6.45) is 5.26. The summed E-state index contributed by atoms with van der Waals surface area (Å²) in [5.74, 6) is 0.912. The van der Waals surface area contributed by atoms with Gasteiger partial charge in [0.15, 0.2) is 0 Å². The smallest absolute Gasteiger partial charge is 0.121 e. The van der Waals surface area contributed by atoms with E-state index in [0.29, 0.717) is 5.54 Å². The molecule has 0 aromatic heterocycles. The van der Waals surface area contributed by atoms with Gasteiger partial charge in [0.25, 0.3) is 0 Å². The van der Waals surface area contributed by atoms with E-state index in [2.05, 4.69) is 22.8 Å². The zero-order valence-corrected chi connectivity index (χ0v) is 9.68. The van der Waals surface area contributed by atoms with E-state index < -0.39 is 0 Å². The third-order valence-corrected chi connectivity index (χ3v) is 3.80. The van der Waals surface area contributed by atoms with Gasteiger partial charge in [0.2, 0.25) is 0 Å². The highest BCUT2D eigenvalue weighted by Crippen LogP contribution is 2.40. The van der Waals surface area contributed by atoms with Crippen LogP contribution in [0.1, 0.15) is 25.7 Å². The van der Waals surface area contributed by atoms with Crippen molar-refractivity contribution >= 4 is 11.4 Å². The molecular formula is C13H18N2O. The van der Waals surface area contributed by atoms with E-state index in [1.807, 2.05) is 6.07 Å².